The van der Waals surface area contributed by atoms with Gasteiger partial charge in [0.2, 0.25) is 10.0 Å². The van der Waals surface area contributed by atoms with Crippen LogP contribution >= 0.6 is 11.6 Å². The van der Waals surface area contributed by atoms with Gasteiger partial charge in [0.25, 0.3) is 0 Å². The second kappa shape index (κ2) is 7.24. The molecule has 0 aliphatic rings. The van der Waals surface area contributed by atoms with E-state index in [1.807, 2.05) is 25.9 Å². The van der Waals surface area contributed by atoms with Gasteiger partial charge in [-0.05, 0) is 45.1 Å². The van der Waals surface area contributed by atoms with E-state index in [4.69, 9.17) is 11.6 Å². The van der Waals surface area contributed by atoms with Crippen molar-refractivity contribution < 1.29 is 8.42 Å². The van der Waals surface area contributed by atoms with Gasteiger partial charge in [0.15, 0.2) is 0 Å². The first kappa shape index (κ1) is 16.4. The Morgan fingerprint density at radius 3 is 2.32 bits per heavy atom. The summed E-state index contributed by atoms with van der Waals surface area (Å²) in [5.74, 6) is 0.532. The molecular weight excluding hydrogens is 284 g/mol. The predicted octanol–water partition coefficient (Wildman–Crippen LogP) is 1.70. The Bertz CT molecular complexity index is 486. The largest absolute Gasteiger partial charge is 0.308 e. The molecule has 0 aliphatic heterocycles. The van der Waals surface area contributed by atoms with Crippen molar-refractivity contribution in [3.8, 4) is 0 Å². The third-order valence-corrected chi connectivity index (χ3v) is 4.41. The summed E-state index contributed by atoms with van der Waals surface area (Å²) in [4.78, 5) is 2.23. The van der Waals surface area contributed by atoms with Crippen LogP contribution in [0.3, 0.4) is 0 Å². The highest BCUT2D eigenvalue weighted by atomic mass is 35.5. The zero-order chi connectivity index (χ0) is 14.5. The van der Waals surface area contributed by atoms with Crippen molar-refractivity contribution in [2.24, 2.45) is 0 Å². The van der Waals surface area contributed by atoms with Crippen molar-refractivity contribution in [2.75, 3.05) is 26.5 Å². The number of sulfonamides is 1. The fourth-order valence-corrected chi connectivity index (χ4v) is 3.32. The lowest BCUT2D eigenvalue weighted by Crippen LogP contribution is -2.39. The van der Waals surface area contributed by atoms with E-state index in [-0.39, 0.29) is 10.9 Å². The van der Waals surface area contributed by atoms with E-state index in [1.165, 1.54) is 0 Å². The van der Waals surface area contributed by atoms with E-state index < -0.39 is 10.0 Å². The molecule has 1 aromatic rings. The number of rotatable bonds is 7. The van der Waals surface area contributed by atoms with E-state index in [9.17, 15) is 8.42 Å². The van der Waals surface area contributed by atoms with Gasteiger partial charge >= 0.3 is 0 Å². The molecule has 0 saturated heterocycles. The first-order chi connectivity index (χ1) is 8.85. The second-order valence-electron chi connectivity index (χ2n) is 4.87. The Hall–Kier alpha value is -0.620. The van der Waals surface area contributed by atoms with Crippen LogP contribution in [0.1, 0.15) is 12.5 Å². The second-order valence-corrected chi connectivity index (χ2v) is 6.96. The monoisotopic (exact) mass is 304 g/mol. The molecule has 1 atom stereocenters. The van der Waals surface area contributed by atoms with E-state index in [2.05, 4.69) is 4.72 Å². The van der Waals surface area contributed by atoms with Gasteiger partial charge in [-0.25, -0.2) is 13.1 Å². The van der Waals surface area contributed by atoms with Gasteiger partial charge in [-0.3, -0.25) is 0 Å². The quantitative estimate of drug-likeness (QED) is 0.780. The zero-order valence-corrected chi connectivity index (χ0v) is 13.1. The maximum atomic E-state index is 12.1. The normalized spacial score (nSPS) is 13.7. The highest BCUT2D eigenvalue weighted by molar-refractivity contribution is 7.89. The Morgan fingerprint density at radius 1 is 1.26 bits per heavy atom. The first-order valence-electron chi connectivity index (χ1n) is 6.17. The number of hydrogen-bond acceptors (Lipinski definition) is 3. The standard InChI is InChI=1S/C13H21ClN2O2S/c1-11(10-16(2)3)15-19(17,18)13-6-4-12(5-7-13)8-9-14/h4-7,11,15H,8-10H2,1-3H3. The molecule has 0 aliphatic carbocycles. The lowest BCUT2D eigenvalue weighted by molar-refractivity contribution is 0.370. The van der Waals surface area contributed by atoms with Crippen LogP contribution in [0.5, 0.6) is 0 Å². The number of aryl methyl sites for hydroxylation is 1. The Balaban J connectivity index is 2.76. The van der Waals surface area contributed by atoms with E-state index in [0.29, 0.717) is 12.4 Å². The average molecular weight is 305 g/mol. The topological polar surface area (TPSA) is 49.4 Å². The summed E-state index contributed by atoms with van der Waals surface area (Å²) in [6.07, 6.45) is 0.742. The van der Waals surface area contributed by atoms with E-state index in [1.54, 1.807) is 24.3 Å². The van der Waals surface area contributed by atoms with Crippen LogP contribution in [0.15, 0.2) is 29.2 Å². The Labute approximate surface area is 120 Å². The summed E-state index contributed by atoms with van der Waals surface area (Å²) in [5.41, 5.74) is 1.04. The van der Waals surface area contributed by atoms with Gasteiger partial charge in [-0.2, -0.15) is 0 Å². The van der Waals surface area contributed by atoms with E-state index >= 15 is 0 Å². The summed E-state index contributed by atoms with van der Waals surface area (Å²) in [6.45, 7) is 2.50. The lowest BCUT2D eigenvalue weighted by atomic mass is 10.2. The van der Waals surface area contributed by atoms with Crippen molar-refractivity contribution in [1.82, 2.24) is 9.62 Å². The van der Waals surface area contributed by atoms with Crippen LogP contribution in [0.25, 0.3) is 0 Å². The van der Waals surface area contributed by atoms with E-state index in [0.717, 1.165) is 12.0 Å². The van der Waals surface area contributed by atoms with Crippen molar-refractivity contribution >= 4 is 21.6 Å². The summed E-state index contributed by atoms with van der Waals surface area (Å²) in [5, 5.41) is 0. The number of benzene rings is 1. The zero-order valence-electron chi connectivity index (χ0n) is 11.6. The maximum absolute atomic E-state index is 12.1. The molecular formula is C13H21ClN2O2S. The Morgan fingerprint density at radius 2 is 1.84 bits per heavy atom. The molecule has 0 saturated carbocycles. The first-order valence-corrected chi connectivity index (χ1v) is 8.19. The Kier molecular flexibility index (Phi) is 6.26. The van der Waals surface area contributed by atoms with Gasteiger partial charge in [0.1, 0.15) is 0 Å². The van der Waals surface area contributed by atoms with Gasteiger partial charge in [-0.1, -0.05) is 12.1 Å². The average Bonchev–Trinajstić information content (AvgIpc) is 2.28. The minimum Gasteiger partial charge on any atom is -0.308 e. The summed E-state index contributed by atoms with van der Waals surface area (Å²) in [7, 11) is 0.370. The fraction of sp³-hybridized carbons (Fsp3) is 0.538. The summed E-state index contributed by atoms with van der Waals surface area (Å²) >= 11 is 5.65. The molecule has 1 aromatic carbocycles. The van der Waals surface area contributed by atoms with Crippen LogP contribution in [0.2, 0.25) is 0 Å². The van der Waals surface area contributed by atoms with Crippen LogP contribution < -0.4 is 4.72 Å². The van der Waals surface area contributed by atoms with Crippen molar-refractivity contribution in [2.45, 2.75) is 24.3 Å². The van der Waals surface area contributed by atoms with Crippen LogP contribution in [-0.2, 0) is 16.4 Å². The third-order valence-electron chi connectivity index (χ3n) is 2.61. The van der Waals surface area contributed by atoms with Crippen molar-refractivity contribution in [3.05, 3.63) is 29.8 Å². The van der Waals surface area contributed by atoms with Crippen molar-refractivity contribution in [1.29, 1.82) is 0 Å². The molecule has 0 amide bonds. The maximum Gasteiger partial charge on any atom is 0.240 e. The SMILES string of the molecule is CC(CN(C)C)NS(=O)(=O)c1ccc(CCCl)cc1. The van der Waals surface area contributed by atoms with Gasteiger partial charge in [-0.15, -0.1) is 11.6 Å². The number of halogens is 1. The molecule has 0 fully saturated rings. The highest BCUT2D eigenvalue weighted by Gasteiger charge is 2.17. The fourth-order valence-electron chi connectivity index (χ4n) is 1.86. The molecule has 0 radical (unpaired) electrons. The molecule has 19 heavy (non-hydrogen) atoms. The molecule has 1 N–H and O–H groups in total. The van der Waals surface area contributed by atoms with Gasteiger partial charge < -0.3 is 4.90 Å². The smallest absolute Gasteiger partial charge is 0.240 e. The number of hydrogen-bond donors (Lipinski definition) is 1. The van der Waals surface area contributed by atoms with Crippen molar-refractivity contribution in [3.63, 3.8) is 0 Å². The lowest BCUT2D eigenvalue weighted by Gasteiger charge is -2.18. The molecule has 1 rings (SSSR count). The van der Waals surface area contributed by atoms with Gasteiger partial charge in [0, 0.05) is 18.5 Å². The van der Waals surface area contributed by atoms with Crippen LogP contribution in [0.4, 0.5) is 0 Å². The predicted molar refractivity (Wildman–Crippen MR) is 79.2 cm³/mol. The molecule has 108 valence electrons. The number of nitrogens with one attached hydrogen (secondary N) is 1. The molecule has 1 unspecified atom stereocenters. The minimum absolute atomic E-state index is 0.137. The molecule has 0 aromatic heterocycles. The van der Waals surface area contributed by atoms with Crippen LogP contribution in [0, 0.1) is 0 Å². The molecule has 4 nitrogen and oxygen atoms in total. The highest BCUT2D eigenvalue weighted by Crippen LogP contribution is 2.12. The molecule has 0 spiro atoms. The molecule has 0 bridgehead atoms. The van der Waals surface area contributed by atoms with Gasteiger partial charge in [0.05, 0.1) is 4.90 Å². The third kappa shape index (κ3) is 5.48. The number of nitrogens with zero attached hydrogens (tertiary/aromatic N) is 1. The summed E-state index contributed by atoms with van der Waals surface area (Å²) < 4.78 is 26.9. The van der Waals surface area contributed by atoms with Crippen LogP contribution in [-0.4, -0.2) is 45.9 Å². The minimum atomic E-state index is -3.45. The molecule has 0 heterocycles. The summed E-state index contributed by atoms with van der Waals surface area (Å²) in [6, 6.07) is 6.70. The number of likely N-dealkylation sites (N-methyl/N-ethyl adjacent to an activating group) is 1. The molecule has 6 heteroatoms. The number of alkyl halides is 1.